The average molecular weight is 464 g/mol. The summed E-state index contributed by atoms with van der Waals surface area (Å²) in [6.07, 6.45) is 6.68. The van der Waals surface area contributed by atoms with Crippen molar-refractivity contribution < 1.29 is 18.7 Å². The highest BCUT2D eigenvalue weighted by molar-refractivity contribution is 6.03. The van der Waals surface area contributed by atoms with Crippen molar-refractivity contribution in [1.29, 1.82) is 0 Å². The van der Waals surface area contributed by atoms with Gasteiger partial charge in [0.1, 0.15) is 22.7 Å². The summed E-state index contributed by atoms with van der Waals surface area (Å²) in [5.41, 5.74) is 1.96. The molecule has 1 aromatic carbocycles. The molecule has 2 amide bonds. The molecule has 180 valence electrons. The summed E-state index contributed by atoms with van der Waals surface area (Å²) >= 11 is 0. The topological polar surface area (TPSA) is 76.7 Å². The minimum Gasteiger partial charge on any atom is -0.497 e. The van der Waals surface area contributed by atoms with Gasteiger partial charge in [0.15, 0.2) is 5.58 Å². The van der Waals surface area contributed by atoms with E-state index in [0.29, 0.717) is 24.4 Å². The number of carbonyl (C=O) groups is 2. The van der Waals surface area contributed by atoms with E-state index in [1.54, 1.807) is 18.1 Å². The van der Waals surface area contributed by atoms with Crippen LogP contribution in [0.15, 0.2) is 40.8 Å². The third-order valence-corrected chi connectivity index (χ3v) is 7.39. The molecule has 1 aliphatic carbocycles. The van der Waals surface area contributed by atoms with Crippen LogP contribution in [0.1, 0.15) is 67.3 Å². The fourth-order valence-electron chi connectivity index (χ4n) is 5.43. The zero-order chi connectivity index (χ0) is 23.9. The number of methoxy groups -OCH3 is 1. The Bertz CT molecular complexity index is 1220. The van der Waals surface area contributed by atoms with Gasteiger partial charge in [0, 0.05) is 24.7 Å². The molecule has 1 saturated carbocycles. The van der Waals surface area contributed by atoms with Crippen LogP contribution < -0.4 is 10.1 Å². The zero-order valence-corrected chi connectivity index (χ0v) is 20.2. The molecular formula is C27H33N3O4. The third-order valence-electron chi connectivity index (χ3n) is 7.39. The second kappa shape index (κ2) is 8.85. The van der Waals surface area contributed by atoms with Crippen LogP contribution in [0, 0.1) is 6.92 Å². The smallest absolute Gasteiger partial charge is 0.271 e. The number of nitrogens with one attached hydrogen (secondary N) is 1. The first-order valence-electron chi connectivity index (χ1n) is 12.2. The van der Waals surface area contributed by atoms with Crippen LogP contribution in [0.25, 0.3) is 11.1 Å². The fourth-order valence-corrected chi connectivity index (χ4v) is 5.43. The summed E-state index contributed by atoms with van der Waals surface area (Å²) in [5, 5.41) is 3.31. The monoisotopic (exact) mass is 463 g/mol. The first-order valence-corrected chi connectivity index (χ1v) is 12.2. The third kappa shape index (κ3) is 3.97. The Morgan fingerprint density at radius 3 is 2.68 bits per heavy atom. The van der Waals surface area contributed by atoms with Gasteiger partial charge in [-0.15, -0.1) is 0 Å². The van der Waals surface area contributed by atoms with Gasteiger partial charge in [-0.05, 0) is 44.4 Å². The van der Waals surface area contributed by atoms with Crippen molar-refractivity contribution in [1.82, 2.24) is 14.8 Å². The number of aryl methyl sites for hydroxylation is 1. The molecule has 1 N–H and O–H groups in total. The Morgan fingerprint density at radius 2 is 1.94 bits per heavy atom. The van der Waals surface area contributed by atoms with Crippen molar-refractivity contribution in [2.24, 2.45) is 0 Å². The van der Waals surface area contributed by atoms with Gasteiger partial charge in [-0.25, -0.2) is 0 Å². The first kappa shape index (κ1) is 22.6. The minimum absolute atomic E-state index is 0.0941. The Morgan fingerprint density at radius 1 is 1.18 bits per heavy atom. The maximum atomic E-state index is 13.9. The largest absolute Gasteiger partial charge is 0.497 e. The standard InChI is InChI=1S/C27H33N3O4/c1-18-13-22-24(34-18)15-23-25(31)30(16-19-9-8-12-21(14-19)33-3)27(2,17-29(22)23)26(32)28-20-10-6-4-5-7-11-20/h8-9,12-15,20H,4-7,10-11,16-17H2,1-3H3,(H,28,32). The lowest BCUT2D eigenvalue weighted by atomic mass is 9.93. The van der Waals surface area contributed by atoms with Crippen molar-refractivity contribution in [2.75, 3.05) is 7.11 Å². The Kier molecular flexibility index (Phi) is 5.88. The molecule has 7 heteroatoms. The summed E-state index contributed by atoms with van der Waals surface area (Å²) in [4.78, 5) is 29.4. The van der Waals surface area contributed by atoms with Crippen LogP contribution in [-0.2, 0) is 17.9 Å². The lowest BCUT2D eigenvalue weighted by Gasteiger charge is -2.44. The first-order chi connectivity index (χ1) is 16.4. The van der Waals surface area contributed by atoms with E-state index in [-0.39, 0.29) is 17.9 Å². The second-order valence-electron chi connectivity index (χ2n) is 9.90. The number of carbonyl (C=O) groups excluding carboxylic acids is 2. The number of aromatic nitrogens is 1. The molecule has 1 aliphatic heterocycles. The highest BCUT2D eigenvalue weighted by Gasteiger charge is 2.48. The number of hydrogen-bond acceptors (Lipinski definition) is 4. The van der Waals surface area contributed by atoms with Crippen LogP contribution in [0.3, 0.4) is 0 Å². The molecule has 0 spiro atoms. The van der Waals surface area contributed by atoms with E-state index >= 15 is 0 Å². The molecule has 3 aromatic rings. The van der Waals surface area contributed by atoms with Crippen LogP contribution in [0.4, 0.5) is 0 Å². The number of furan rings is 1. The number of amides is 2. The molecule has 1 unspecified atom stereocenters. The SMILES string of the molecule is COc1cccc(CN2C(=O)c3cc4oc(C)cc4n3CC2(C)C(=O)NC2CCCCCC2)c1. The fraction of sp³-hybridized carbons (Fsp3) is 0.481. The van der Waals surface area contributed by atoms with Gasteiger partial charge >= 0.3 is 0 Å². The molecule has 0 saturated heterocycles. The Balaban J connectivity index is 1.53. The molecule has 0 bridgehead atoms. The maximum absolute atomic E-state index is 13.9. The maximum Gasteiger partial charge on any atom is 0.271 e. The molecule has 5 rings (SSSR count). The zero-order valence-electron chi connectivity index (χ0n) is 20.2. The van der Waals surface area contributed by atoms with Crippen molar-refractivity contribution in [3.63, 3.8) is 0 Å². The number of hydrogen-bond donors (Lipinski definition) is 1. The quantitative estimate of drug-likeness (QED) is 0.551. The van der Waals surface area contributed by atoms with Crippen molar-refractivity contribution in [3.8, 4) is 5.75 Å². The van der Waals surface area contributed by atoms with Crippen LogP contribution in [0.5, 0.6) is 5.75 Å². The van der Waals surface area contributed by atoms with Gasteiger partial charge in [0.2, 0.25) is 5.91 Å². The van der Waals surface area contributed by atoms with Crippen molar-refractivity contribution >= 4 is 22.9 Å². The molecule has 0 radical (unpaired) electrons. The van der Waals surface area contributed by atoms with E-state index in [1.807, 2.05) is 48.7 Å². The lowest BCUT2D eigenvalue weighted by molar-refractivity contribution is -0.134. The molecule has 34 heavy (non-hydrogen) atoms. The predicted molar refractivity (Wildman–Crippen MR) is 130 cm³/mol. The summed E-state index contributed by atoms with van der Waals surface area (Å²) < 4.78 is 13.1. The van der Waals surface area contributed by atoms with Crippen LogP contribution in [-0.4, -0.2) is 40.0 Å². The Hall–Kier alpha value is -3.22. The van der Waals surface area contributed by atoms with Gasteiger partial charge in [-0.3, -0.25) is 9.59 Å². The Labute approximate surface area is 200 Å². The highest BCUT2D eigenvalue weighted by Crippen LogP contribution is 2.35. The van der Waals surface area contributed by atoms with E-state index in [9.17, 15) is 9.59 Å². The van der Waals surface area contributed by atoms with E-state index < -0.39 is 5.54 Å². The van der Waals surface area contributed by atoms with E-state index in [4.69, 9.17) is 9.15 Å². The summed E-state index contributed by atoms with van der Waals surface area (Å²) in [6, 6.07) is 11.6. The molecule has 1 fully saturated rings. The van der Waals surface area contributed by atoms with Crippen LogP contribution in [0.2, 0.25) is 0 Å². The van der Waals surface area contributed by atoms with Gasteiger partial charge in [-0.1, -0.05) is 37.8 Å². The van der Waals surface area contributed by atoms with E-state index in [0.717, 1.165) is 48.3 Å². The molecular weight excluding hydrogens is 430 g/mol. The summed E-state index contributed by atoms with van der Waals surface area (Å²) in [7, 11) is 1.62. The van der Waals surface area contributed by atoms with Crippen molar-refractivity contribution in [3.05, 3.63) is 53.4 Å². The molecule has 2 aliphatic rings. The van der Waals surface area contributed by atoms with Gasteiger partial charge in [0.05, 0.1) is 19.2 Å². The summed E-state index contributed by atoms with van der Waals surface area (Å²) in [5.74, 6) is 1.25. The second-order valence-corrected chi connectivity index (χ2v) is 9.90. The number of ether oxygens (including phenoxy) is 1. The molecule has 2 aromatic heterocycles. The van der Waals surface area contributed by atoms with Gasteiger partial charge in [0.25, 0.3) is 5.91 Å². The molecule has 3 heterocycles. The van der Waals surface area contributed by atoms with E-state index in [2.05, 4.69) is 5.32 Å². The van der Waals surface area contributed by atoms with Crippen molar-refractivity contribution in [2.45, 2.75) is 77.0 Å². The molecule has 1 atom stereocenters. The number of rotatable bonds is 5. The number of benzene rings is 1. The lowest BCUT2D eigenvalue weighted by Crippen LogP contribution is -2.64. The number of nitrogens with zero attached hydrogens (tertiary/aromatic N) is 2. The predicted octanol–water partition coefficient (Wildman–Crippen LogP) is 4.81. The van der Waals surface area contributed by atoms with Gasteiger partial charge < -0.3 is 23.9 Å². The molecule has 7 nitrogen and oxygen atoms in total. The normalized spacial score (nSPS) is 21.4. The van der Waals surface area contributed by atoms with Gasteiger partial charge in [-0.2, -0.15) is 0 Å². The highest BCUT2D eigenvalue weighted by atomic mass is 16.5. The summed E-state index contributed by atoms with van der Waals surface area (Å²) in [6.45, 7) is 4.47. The average Bonchev–Trinajstić information content (AvgIpc) is 3.22. The van der Waals surface area contributed by atoms with Crippen LogP contribution >= 0.6 is 0 Å². The number of fused-ring (bicyclic) bond motifs is 3. The minimum atomic E-state index is -1.05. The van der Waals surface area contributed by atoms with E-state index in [1.165, 1.54) is 12.8 Å².